The summed E-state index contributed by atoms with van der Waals surface area (Å²) < 4.78 is 18.5. The van der Waals surface area contributed by atoms with Gasteiger partial charge in [0.05, 0.1) is 13.7 Å². The Hall–Kier alpha value is -1.53. The van der Waals surface area contributed by atoms with E-state index in [1.165, 1.54) is 13.2 Å². The Morgan fingerprint density at radius 3 is 2.79 bits per heavy atom. The number of hydrogen-bond acceptors (Lipinski definition) is 5. The molecule has 0 unspecified atom stereocenters. The Morgan fingerprint density at radius 2 is 2.21 bits per heavy atom. The molecule has 1 heterocycles. The second kappa shape index (κ2) is 6.08. The maximum atomic E-state index is 13.6. The van der Waals surface area contributed by atoms with E-state index in [0.717, 1.165) is 15.6 Å². The van der Waals surface area contributed by atoms with Crippen LogP contribution in [0.15, 0.2) is 18.2 Å². The predicted octanol–water partition coefficient (Wildman–Crippen LogP) is 2.85. The first kappa shape index (κ1) is 13.9. The van der Waals surface area contributed by atoms with Crippen molar-refractivity contribution in [3.63, 3.8) is 0 Å². The van der Waals surface area contributed by atoms with Crippen LogP contribution in [0.3, 0.4) is 0 Å². The zero-order chi connectivity index (χ0) is 13.8. The fourth-order valence-corrected chi connectivity index (χ4v) is 2.38. The van der Waals surface area contributed by atoms with E-state index in [4.69, 9.17) is 4.74 Å². The Labute approximate surface area is 115 Å². The molecule has 0 saturated carbocycles. The molecule has 1 N–H and O–H groups in total. The first-order valence-corrected chi connectivity index (χ1v) is 6.77. The van der Waals surface area contributed by atoms with Crippen LogP contribution in [0, 0.1) is 12.7 Å². The molecule has 4 nitrogen and oxygen atoms in total. The minimum atomic E-state index is -0.347. The van der Waals surface area contributed by atoms with Gasteiger partial charge < -0.3 is 10.1 Å². The van der Waals surface area contributed by atoms with Crippen molar-refractivity contribution in [3.8, 4) is 5.75 Å². The molecular weight excluding hydrogens is 265 g/mol. The molecule has 102 valence electrons. The van der Waals surface area contributed by atoms with Gasteiger partial charge in [-0.25, -0.2) is 4.39 Å². The average Bonchev–Trinajstić information content (AvgIpc) is 2.81. The summed E-state index contributed by atoms with van der Waals surface area (Å²) in [5.74, 6) is -0.0869. The second-order valence-electron chi connectivity index (χ2n) is 4.21. The molecular formula is C13H16FN3OS. The molecule has 0 radical (unpaired) electrons. The van der Waals surface area contributed by atoms with Crippen molar-refractivity contribution in [1.29, 1.82) is 0 Å². The molecule has 0 aliphatic rings. The number of nitrogens with zero attached hydrogens (tertiary/aromatic N) is 2. The van der Waals surface area contributed by atoms with Crippen LogP contribution in [-0.4, -0.2) is 17.3 Å². The Kier molecular flexibility index (Phi) is 4.44. The van der Waals surface area contributed by atoms with Crippen LogP contribution in [0.1, 0.15) is 28.5 Å². The number of hydrogen-bond donors (Lipinski definition) is 1. The number of halogens is 1. The SMILES string of the molecule is COc1ccc([C@H](C)NCc2nnc(C)s2)cc1F. The molecule has 1 atom stereocenters. The molecule has 19 heavy (non-hydrogen) atoms. The van der Waals surface area contributed by atoms with Gasteiger partial charge in [-0.15, -0.1) is 21.5 Å². The van der Waals surface area contributed by atoms with Crippen molar-refractivity contribution in [2.45, 2.75) is 26.4 Å². The highest BCUT2D eigenvalue weighted by molar-refractivity contribution is 7.11. The van der Waals surface area contributed by atoms with Gasteiger partial charge in [-0.3, -0.25) is 0 Å². The molecule has 1 aromatic carbocycles. The maximum absolute atomic E-state index is 13.6. The van der Waals surface area contributed by atoms with Crippen LogP contribution in [0.2, 0.25) is 0 Å². The standard InChI is InChI=1S/C13H16FN3OS/c1-8(15-7-13-17-16-9(2)19-13)10-4-5-12(18-3)11(14)6-10/h4-6,8,15H,7H2,1-3H3/t8-/m0/s1. The lowest BCUT2D eigenvalue weighted by atomic mass is 10.1. The lowest BCUT2D eigenvalue weighted by Crippen LogP contribution is -2.18. The lowest BCUT2D eigenvalue weighted by Gasteiger charge is -2.14. The van der Waals surface area contributed by atoms with E-state index in [1.54, 1.807) is 17.4 Å². The van der Waals surface area contributed by atoms with Gasteiger partial charge in [-0.1, -0.05) is 6.07 Å². The van der Waals surface area contributed by atoms with Crippen molar-refractivity contribution in [2.75, 3.05) is 7.11 Å². The van der Waals surface area contributed by atoms with E-state index in [9.17, 15) is 4.39 Å². The van der Waals surface area contributed by atoms with Crippen LogP contribution >= 0.6 is 11.3 Å². The van der Waals surface area contributed by atoms with Crippen LogP contribution in [-0.2, 0) is 6.54 Å². The smallest absolute Gasteiger partial charge is 0.165 e. The number of ether oxygens (including phenoxy) is 1. The molecule has 0 bridgehead atoms. The van der Waals surface area contributed by atoms with Gasteiger partial charge in [-0.05, 0) is 31.5 Å². The van der Waals surface area contributed by atoms with Crippen LogP contribution in [0.5, 0.6) is 5.75 Å². The van der Waals surface area contributed by atoms with Gasteiger partial charge in [0, 0.05) is 6.04 Å². The number of benzene rings is 1. The minimum Gasteiger partial charge on any atom is -0.494 e. The molecule has 0 fully saturated rings. The minimum absolute atomic E-state index is 0.0320. The van der Waals surface area contributed by atoms with Gasteiger partial charge in [0.2, 0.25) is 0 Å². The highest BCUT2D eigenvalue weighted by atomic mass is 32.1. The summed E-state index contributed by atoms with van der Waals surface area (Å²) in [5, 5.41) is 13.2. The number of methoxy groups -OCH3 is 1. The van der Waals surface area contributed by atoms with E-state index in [0.29, 0.717) is 6.54 Å². The van der Waals surface area contributed by atoms with E-state index < -0.39 is 0 Å². The molecule has 2 aromatic rings. The summed E-state index contributed by atoms with van der Waals surface area (Å²) in [6, 6.07) is 5.01. The number of nitrogens with one attached hydrogen (secondary N) is 1. The molecule has 0 aliphatic heterocycles. The van der Waals surface area contributed by atoms with Gasteiger partial charge in [0.15, 0.2) is 11.6 Å². The van der Waals surface area contributed by atoms with E-state index in [1.807, 2.05) is 19.9 Å². The van der Waals surface area contributed by atoms with Crippen LogP contribution < -0.4 is 10.1 Å². The predicted molar refractivity (Wildman–Crippen MR) is 72.9 cm³/mol. The molecule has 0 spiro atoms. The third-order valence-electron chi connectivity index (χ3n) is 2.80. The third-order valence-corrected chi connectivity index (χ3v) is 3.64. The monoisotopic (exact) mass is 281 g/mol. The summed E-state index contributed by atoms with van der Waals surface area (Å²) in [6.45, 7) is 4.53. The van der Waals surface area contributed by atoms with Crippen LogP contribution in [0.25, 0.3) is 0 Å². The summed E-state index contributed by atoms with van der Waals surface area (Å²) >= 11 is 1.56. The largest absolute Gasteiger partial charge is 0.494 e. The average molecular weight is 281 g/mol. The Morgan fingerprint density at radius 1 is 1.42 bits per heavy atom. The molecule has 0 saturated heterocycles. The fourth-order valence-electron chi connectivity index (χ4n) is 1.72. The van der Waals surface area contributed by atoms with E-state index >= 15 is 0 Å². The quantitative estimate of drug-likeness (QED) is 0.915. The van der Waals surface area contributed by atoms with Crippen molar-refractivity contribution in [3.05, 3.63) is 39.6 Å². The summed E-state index contributed by atoms with van der Waals surface area (Å²) in [4.78, 5) is 0. The van der Waals surface area contributed by atoms with Gasteiger partial charge in [0.1, 0.15) is 10.0 Å². The van der Waals surface area contributed by atoms with Gasteiger partial charge >= 0.3 is 0 Å². The zero-order valence-electron chi connectivity index (χ0n) is 11.1. The van der Waals surface area contributed by atoms with Gasteiger partial charge in [0.25, 0.3) is 0 Å². The molecule has 1 aromatic heterocycles. The number of aromatic nitrogens is 2. The molecule has 6 heteroatoms. The number of aryl methyl sites for hydroxylation is 1. The summed E-state index contributed by atoms with van der Waals surface area (Å²) in [6.07, 6.45) is 0. The van der Waals surface area contributed by atoms with E-state index in [-0.39, 0.29) is 17.6 Å². The highest BCUT2D eigenvalue weighted by Crippen LogP contribution is 2.22. The Balaban J connectivity index is 1.99. The van der Waals surface area contributed by atoms with Crippen molar-refractivity contribution >= 4 is 11.3 Å². The maximum Gasteiger partial charge on any atom is 0.165 e. The second-order valence-corrected chi connectivity index (χ2v) is 5.48. The zero-order valence-corrected chi connectivity index (χ0v) is 11.9. The first-order valence-electron chi connectivity index (χ1n) is 5.96. The van der Waals surface area contributed by atoms with Crippen molar-refractivity contribution in [1.82, 2.24) is 15.5 Å². The molecule has 0 amide bonds. The molecule has 0 aliphatic carbocycles. The van der Waals surface area contributed by atoms with Crippen molar-refractivity contribution in [2.24, 2.45) is 0 Å². The normalized spacial score (nSPS) is 12.4. The first-order chi connectivity index (χ1) is 9.10. The fraction of sp³-hybridized carbons (Fsp3) is 0.385. The topological polar surface area (TPSA) is 47.0 Å². The lowest BCUT2D eigenvalue weighted by molar-refractivity contribution is 0.385. The highest BCUT2D eigenvalue weighted by Gasteiger charge is 2.10. The number of rotatable bonds is 5. The third kappa shape index (κ3) is 3.48. The molecule has 2 rings (SSSR count). The summed E-state index contributed by atoms with van der Waals surface area (Å²) in [7, 11) is 1.46. The van der Waals surface area contributed by atoms with Crippen molar-refractivity contribution < 1.29 is 9.13 Å². The van der Waals surface area contributed by atoms with Crippen LogP contribution in [0.4, 0.5) is 4.39 Å². The van der Waals surface area contributed by atoms with Gasteiger partial charge in [-0.2, -0.15) is 0 Å². The summed E-state index contributed by atoms with van der Waals surface area (Å²) in [5.41, 5.74) is 0.875. The Bertz CT molecular complexity index is 559. The van der Waals surface area contributed by atoms with E-state index in [2.05, 4.69) is 15.5 Å².